The second-order valence-corrected chi connectivity index (χ2v) is 6.61. The van der Waals surface area contributed by atoms with Crippen molar-refractivity contribution in [2.75, 3.05) is 0 Å². The summed E-state index contributed by atoms with van der Waals surface area (Å²) < 4.78 is 28.8. The smallest absolute Gasteiger partial charge is 0.138 e. The van der Waals surface area contributed by atoms with E-state index in [2.05, 4.69) is 9.97 Å². The Morgan fingerprint density at radius 2 is 1.67 bits per heavy atom. The van der Waals surface area contributed by atoms with Crippen molar-refractivity contribution < 1.29 is 13.9 Å². The molecule has 0 saturated carbocycles. The number of aromatic nitrogens is 2. The van der Waals surface area contributed by atoms with E-state index in [0.29, 0.717) is 11.4 Å². The Balaban J connectivity index is 1.92. The van der Waals surface area contributed by atoms with Crippen LogP contribution in [0.2, 0.25) is 0 Å². The zero-order chi connectivity index (χ0) is 19.1. The van der Waals surface area contributed by atoms with Crippen molar-refractivity contribution in [3.8, 4) is 11.4 Å². The van der Waals surface area contributed by atoms with Gasteiger partial charge in [0.1, 0.15) is 23.6 Å². The first-order valence-electron chi connectivity index (χ1n) is 8.64. The Hall–Kier alpha value is -3.05. The van der Waals surface area contributed by atoms with E-state index < -0.39 is 17.7 Å². The number of imidazole rings is 1. The van der Waals surface area contributed by atoms with Gasteiger partial charge in [-0.3, -0.25) is 0 Å². The summed E-state index contributed by atoms with van der Waals surface area (Å²) in [4.78, 5) is 7.80. The molecule has 3 nitrogen and oxygen atoms in total. The molecule has 0 spiro atoms. The van der Waals surface area contributed by atoms with Crippen molar-refractivity contribution in [2.24, 2.45) is 0 Å². The molecule has 0 radical (unpaired) electrons. The second kappa shape index (κ2) is 6.59. The minimum absolute atomic E-state index is 0.00367. The summed E-state index contributed by atoms with van der Waals surface area (Å²) in [7, 11) is 0. The van der Waals surface area contributed by atoms with Crippen LogP contribution in [0.25, 0.3) is 22.4 Å². The van der Waals surface area contributed by atoms with E-state index >= 15 is 0 Å². The maximum Gasteiger partial charge on any atom is 0.138 e. The van der Waals surface area contributed by atoms with Gasteiger partial charge < -0.3 is 10.1 Å². The van der Waals surface area contributed by atoms with Crippen molar-refractivity contribution in [1.82, 2.24) is 9.97 Å². The highest BCUT2D eigenvalue weighted by Crippen LogP contribution is 2.35. The lowest BCUT2D eigenvalue weighted by atomic mass is 9.95. The van der Waals surface area contributed by atoms with Crippen LogP contribution in [0.3, 0.4) is 0 Å². The lowest BCUT2D eigenvalue weighted by Gasteiger charge is -2.16. The number of hydrogen-bond donors (Lipinski definition) is 2. The number of hydrogen-bond acceptors (Lipinski definition) is 2. The standard InChI is InChI=1S/C22H18F2N2O/c1-12-10-11-18-20(13(12)2)26-22(25-18)15-7-5-9-17(24)19(15)21(27)14-6-3-4-8-16(14)23/h3-11,21,27H,1-2H3,(H,25,26). The Kier molecular flexibility index (Phi) is 4.24. The Bertz CT molecular complexity index is 1150. The van der Waals surface area contributed by atoms with Gasteiger partial charge in [-0.1, -0.05) is 36.4 Å². The molecule has 4 aromatic rings. The molecule has 2 N–H and O–H groups in total. The van der Waals surface area contributed by atoms with Gasteiger partial charge in [0.05, 0.1) is 11.0 Å². The summed E-state index contributed by atoms with van der Waals surface area (Å²) in [5.41, 5.74) is 4.17. The van der Waals surface area contributed by atoms with Gasteiger partial charge in [0.2, 0.25) is 0 Å². The van der Waals surface area contributed by atoms with Crippen LogP contribution in [0, 0.1) is 25.5 Å². The van der Waals surface area contributed by atoms with Crippen molar-refractivity contribution in [3.05, 3.63) is 88.5 Å². The van der Waals surface area contributed by atoms with Gasteiger partial charge in [0.15, 0.2) is 0 Å². The number of halogens is 2. The summed E-state index contributed by atoms with van der Waals surface area (Å²) in [5.74, 6) is -0.768. The molecule has 0 amide bonds. The number of aromatic amines is 1. The van der Waals surface area contributed by atoms with Gasteiger partial charge in [0, 0.05) is 16.7 Å². The number of nitrogens with zero attached hydrogens (tertiary/aromatic N) is 1. The molecule has 27 heavy (non-hydrogen) atoms. The van der Waals surface area contributed by atoms with Gasteiger partial charge >= 0.3 is 0 Å². The topological polar surface area (TPSA) is 48.9 Å². The van der Waals surface area contributed by atoms with Gasteiger partial charge in [-0.15, -0.1) is 0 Å². The number of aliphatic hydroxyl groups is 1. The third-order valence-electron chi connectivity index (χ3n) is 4.96. The van der Waals surface area contributed by atoms with Crippen molar-refractivity contribution in [1.29, 1.82) is 0 Å². The van der Waals surface area contributed by atoms with E-state index in [0.717, 1.165) is 22.2 Å². The first kappa shape index (κ1) is 17.4. The van der Waals surface area contributed by atoms with Crippen molar-refractivity contribution >= 4 is 11.0 Å². The number of nitrogens with one attached hydrogen (secondary N) is 1. The Labute approximate surface area is 155 Å². The molecule has 1 heterocycles. The average molecular weight is 364 g/mol. The average Bonchev–Trinajstić information content (AvgIpc) is 3.09. The zero-order valence-corrected chi connectivity index (χ0v) is 14.9. The summed E-state index contributed by atoms with van der Waals surface area (Å²) in [5, 5.41) is 10.7. The van der Waals surface area contributed by atoms with E-state index in [9.17, 15) is 13.9 Å². The summed E-state index contributed by atoms with van der Waals surface area (Å²) in [6, 6.07) is 14.2. The molecule has 1 aromatic heterocycles. The molecule has 0 fully saturated rings. The Morgan fingerprint density at radius 1 is 0.926 bits per heavy atom. The number of H-pyrrole nitrogens is 1. The van der Waals surface area contributed by atoms with Crippen LogP contribution in [0.5, 0.6) is 0 Å². The van der Waals surface area contributed by atoms with Gasteiger partial charge in [-0.05, 0) is 43.2 Å². The molecule has 5 heteroatoms. The van der Waals surface area contributed by atoms with Crippen LogP contribution < -0.4 is 0 Å². The van der Waals surface area contributed by atoms with Crippen LogP contribution in [0.15, 0.2) is 54.6 Å². The third kappa shape index (κ3) is 2.90. The lowest BCUT2D eigenvalue weighted by molar-refractivity contribution is 0.210. The first-order valence-corrected chi connectivity index (χ1v) is 8.64. The molecule has 0 aliphatic rings. The number of rotatable bonds is 3. The zero-order valence-electron chi connectivity index (χ0n) is 14.9. The van der Waals surface area contributed by atoms with Gasteiger partial charge in [-0.25, -0.2) is 13.8 Å². The SMILES string of the molecule is Cc1ccc2[nH]c(-c3cccc(F)c3C(O)c3ccccc3F)nc2c1C. The van der Waals surface area contributed by atoms with Crippen LogP contribution in [-0.2, 0) is 0 Å². The maximum absolute atomic E-state index is 14.7. The number of aryl methyl sites for hydroxylation is 2. The fraction of sp³-hybridized carbons (Fsp3) is 0.136. The van der Waals surface area contributed by atoms with Crippen LogP contribution in [0.4, 0.5) is 8.78 Å². The first-order chi connectivity index (χ1) is 13.0. The lowest BCUT2D eigenvalue weighted by Crippen LogP contribution is -2.07. The minimum atomic E-state index is -1.45. The molecular formula is C22H18F2N2O. The summed E-state index contributed by atoms with van der Waals surface area (Å²) in [6.45, 7) is 3.97. The van der Waals surface area contributed by atoms with E-state index in [1.165, 1.54) is 24.3 Å². The fourth-order valence-electron chi connectivity index (χ4n) is 3.31. The predicted octanol–water partition coefficient (Wildman–Crippen LogP) is 5.21. The maximum atomic E-state index is 14.7. The van der Waals surface area contributed by atoms with Crippen molar-refractivity contribution in [3.63, 3.8) is 0 Å². The van der Waals surface area contributed by atoms with Gasteiger partial charge in [0.25, 0.3) is 0 Å². The molecule has 4 rings (SSSR count). The highest BCUT2D eigenvalue weighted by Gasteiger charge is 2.24. The number of fused-ring (bicyclic) bond motifs is 1. The second-order valence-electron chi connectivity index (χ2n) is 6.61. The normalized spacial score (nSPS) is 12.5. The van der Waals surface area contributed by atoms with Crippen LogP contribution >= 0.6 is 0 Å². The highest BCUT2D eigenvalue weighted by molar-refractivity contribution is 5.83. The predicted molar refractivity (Wildman–Crippen MR) is 101 cm³/mol. The molecule has 0 bridgehead atoms. The number of aliphatic hydroxyl groups excluding tert-OH is 1. The van der Waals surface area contributed by atoms with Crippen LogP contribution in [0.1, 0.15) is 28.4 Å². The van der Waals surface area contributed by atoms with E-state index in [1.54, 1.807) is 18.2 Å². The van der Waals surface area contributed by atoms with E-state index in [-0.39, 0.29) is 11.1 Å². The molecule has 3 aromatic carbocycles. The number of benzene rings is 3. The third-order valence-corrected chi connectivity index (χ3v) is 4.96. The molecule has 136 valence electrons. The fourth-order valence-corrected chi connectivity index (χ4v) is 3.31. The van der Waals surface area contributed by atoms with E-state index in [4.69, 9.17) is 0 Å². The molecule has 1 atom stereocenters. The van der Waals surface area contributed by atoms with Crippen LogP contribution in [-0.4, -0.2) is 15.1 Å². The quantitative estimate of drug-likeness (QED) is 0.524. The van der Waals surface area contributed by atoms with Crippen molar-refractivity contribution in [2.45, 2.75) is 20.0 Å². The van der Waals surface area contributed by atoms with Gasteiger partial charge in [-0.2, -0.15) is 0 Å². The summed E-state index contributed by atoms with van der Waals surface area (Å²) in [6.07, 6.45) is -1.45. The molecule has 0 aliphatic heterocycles. The molecule has 0 saturated heterocycles. The largest absolute Gasteiger partial charge is 0.383 e. The Morgan fingerprint density at radius 3 is 2.44 bits per heavy atom. The molecule has 0 aliphatic carbocycles. The molecular weight excluding hydrogens is 346 g/mol. The monoisotopic (exact) mass is 364 g/mol. The molecule has 1 unspecified atom stereocenters. The highest BCUT2D eigenvalue weighted by atomic mass is 19.1. The summed E-state index contributed by atoms with van der Waals surface area (Å²) >= 11 is 0. The minimum Gasteiger partial charge on any atom is -0.383 e. The van der Waals surface area contributed by atoms with E-state index in [1.807, 2.05) is 26.0 Å².